The van der Waals surface area contributed by atoms with Crippen LogP contribution in [0.4, 0.5) is 0 Å². The maximum atomic E-state index is 13.8. The lowest BCUT2D eigenvalue weighted by molar-refractivity contribution is -0.144. The number of aromatic nitrogens is 1. The zero-order valence-electron chi connectivity index (χ0n) is 23.5. The third-order valence-electron chi connectivity index (χ3n) is 7.75. The van der Waals surface area contributed by atoms with Crippen molar-refractivity contribution in [2.45, 2.75) is 78.1 Å². The molecule has 0 unspecified atom stereocenters. The standard InChI is InChI=1S/C29H41N5O4S/c1-17(19-6-8-20(9-7-19)24-18(2)31-16-39-24)32-27(37)23-14-22(35)15-34(23)28(38)25(29(3,4)5)33-26(36)21-10-12-30-13-11-21/h6-9,16-17,21-23,25,30,35H,10-15H2,1-5H3,(H,32,37)(H,33,36)/t17-,22+,23-,25-/m0/s1. The predicted molar refractivity (Wildman–Crippen MR) is 152 cm³/mol. The van der Waals surface area contributed by atoms with Gasteiger partial charge in [0, 0.05) is 18.9 Å². The minimum Gasteiger partial charge on any atom is -0.391 e. The Morgan fingerprint density at radius 3 is 2.36 bits per heavy atom. The van der Waals surface area contributed by atoms with Crippen LogP contribution in [0.1, 0.15) is 64.3 Å². The van der Waals surface area contributed by atoms with E-state index in [9.17, 15) is 19.5 Å². The van der Waals surface area contributed by atoms with Gasteiger partial charge in [-0.1, -0.05) is 45.0 Å². The van der Waals surface area contributed by atoms with E-state index in [-0.39, 0.29) is 42.6 Å². The summed E-state index contributed by atoms with van der Waals surface area (Å²) in [5.41, 5.74) is 4.26. The molecule has 2 saturated heterocycles. The Morgan fingerprint density at radius 2 is 1.77 bits per heavy atom. The van der Waals surface area contributed by atoms with Crippen LogP contribution in [0.25, 0.3) is 10.4 Å². The molecule has 4 atom stereocenters. The summed E-state index contributed by atoms with van der Waals surface area (Å²) in [6, 6.07) is 6.10. The van der Waals surface area contributed by atoms with Crippen molar-refractivity contribution in [3.05, 3.63) is 41.0 Å². The van der Waals surface area contributed by atoms with Crippen LogP contribution in [0, 0.1) is 18.3 Å². The number of thiazole rings is 1. The molecule has 0 saturated carbocycles. The number of benzene rings is 1. The lowest BCUT2D eigenvalue weighted by Crippen LogP contribution is -2.58. The molecule has 1 aromatic carbocycles. The summed E-state index contributed by atoms with van der Waals surface area (Å²) in [6.45, 7) is 11.2. The van der Waals surface area contributed by atoms with Crippen molar-refractivity contribution in [1.82, 2.24) is 25.8 Å². The summed E-state index contributed by atoms with van der Waals surface area (Å²) in [6.07, 6.45) is 0.815. The fourth-order valence-corrected chi connectivity index (χ4v) is 6.17. The van der Waals surface area contributed by atoms with Crippen LogP contribution < -0.4 is 16.0 Å². The van der Waals surface area contributed by atoms with Crippen molar-refractivity contribution in [3.63, 3.8) is 0 Å². The van der Waals surface area contributed by atoms with Gasteiger partial charge >= 0.3 is 0 Å². The molecule has 3 amide bonds. The van der Waals surface area contributed by atoms with Gasteiger partial charge in [-0.15, -0.1) is 11.3 Å². The Morgan fingerprint density at radius 1 is 1.10 bits per heavy atom. The fourth-order valence-electron chi connectivity index (χ4n) is 5.36. The SMILES string of the molecule is Cc1ncsc1-c1ccc([C@H](C)NC(=O)[C@@H]2C[C@@H](O)CN2C(=O)[C@H](NC(=O)C2CCNCC2)C(C)(C)C)cc1. The molecule has 4 N–H and O–H groups in total. The van der Waals surface area contributed by atoms with Crippen molar-refractivity contribution in [2.24, 2.45) is 11.3 Å². The number of nitrogens with one attached hydrogen (secondary N) is 3. The van der Waals surface area contributed by atoms with Crippen LogP contribution in [0.5, 0.6) is 0 Å². The highest BCUT2D eigenvalue weighted by molar-refractivity contribution is 7.13. The summed E-state index contributed by atoms with van der Waals surface area (Å²) in [7, 11) is 0. The van der Waals surface area contributed by atoms with E-state index in [0.29, 0.717) is 0 Å². The molecule has 2 aromatic rings. The number of hydrogen-bond donors (Lipinski definition) is 4. The summed E-state index contributed by atoms with van der Waals surface area (Å²) in [5, 5.41) is 19.7. The third kappa shape index (κ3) is 6.85. The van der Waals surface area contributed by atoms with Gasteiger partial charge in [0.2, 0.25) is 17.7 Å². The molecular formula is C29H41N5O4S. The highest BCUT2D eigenvalue weighted by Crippen LogP contribution is 2.30. The van der Waals surface area contributed by atoms with E-state index >= 15 is 0 Å². The lowest BCUT2D eigenvalue weighted by Gasteiger charge is -2.36. The van der Waals surface area contributed by atoms with Gasteiger partial charge in [0.1, 0.15) is 12.1 Å². The number of carbonyl (C=O) groups excluding carboxylic acids is 3. The molecule has 9 nitrogen and oxygen atoms in total. The number of aliphatic hydroxyl groups excluding tert-OH is 1. The van der Waals surface area contributed by atoms with E-state index in [0.717, 1.165) is 47.6 Å². The number of nitrogens with zero attached hydrogens (tertiary/aromatic N) is 2. The van der Waals surface area contributed by atoms with Gasteiger partial charge in [0.15, 0.2) is 0 Å². The van der Waals surface area contributed by atoms with Gasteiger partial charge in [0.25, 0.3) is 0 Å². The average Bonchev–Trinajstić information content (AvgIpc) is 3.52. The van der Waals surface area contributed by atoms with E-state index in [4.69, 9.17) is 0 Å². The summed E-state index contributed by atoms with van der Waals surface area (Å²) < 4.78 is 0. The maximum absolute atomic E-state index is 13.8. The van der Waals surface area contributed by atoms with Crippen LogP contribution in [-0.2, 0) is 14.4 Å². The van der Waals surface area contributed by atoms with Crippen molar-refractivity contribution < 1.29 is 19.5 Å². The van der Waals surface area contributed by atoms with Crippen molar-refractivity contribution in [2.75, 3.05) is 19.6 Å². The second-order valence-electron chi connectivity index (χ2n) is 11.8. The first kappa shape index (κ1) is 29.2. The number of carbonyl (C=O) groups is 3. The number of aliphatic hydroxyl groups is 1. The molecule has 2 aliphatic rings. The molecule has 39 heavy (non-hydrogen) atoms. The molecule has 0 bridgehead atoms. The summed E-state index contributed by atoms with van der Waals surface area (Å²) >= 11 is 1.59. The quantitative estimate of drug-likeness (QED) is 0.417. The minimum atomic E-state index is -0.810. The Labute approximate surface area is 234 Å². The maximum Gasteiger partial charge on any atom is 0.246 e. The average molecular weight is 556 g/mol. The molecule has 4 rings (SSSR count). The molecule has 3 heterocycles. The van der Waals surface area contributed by atoms with Crippen LogP contribution in [0.15, 0.2) is 29.8 Å². The molecule has 1 aromatic heterocycles. The molecule has 212 valence electrons. The van der Waals surface area contributed by atoms with Crippen LogP contribution >= 0.6 is 11.3 Å². The van der Waals surface area contributed by atoms with Gasteiger partial charge < -0.3 is 26.0 Å². The predicted octanol–water partition coefficient (Wildman–Crippen LogP) is 2.79. The second-order valence-corrected chi connectivity index (χ2v) is 12.7. The Hall–Kier alpha value is -2.82. The van der Waals surface area contributed by atoms with Crippen molar-refractivity contribution >= 4 is 29.1 Å². The van der Waals surface area contributed by atoms with Crippen molar-refractivity contribution in [3.8, 4) is 10.4 Å². The lowest BCUT2D eigenvalue weighted by atomic mass is 9.84. The molecule has 0 aliphatic carbocycles. The Bertz CT molecular complexity index is 1170. The van der Waals surface area contributed by atoms with Crippen molar-refractivity contribution in [1.29, 1.82) is 0 Å². The number of piperidine rings is 1. The van der Waals surface area contributed by atoms with Crippen LogP contribution in [0.3, 0.4) is 0 Å². The number of amides is 3. The summed E-state index contributed by atoms with van der Waals surface area (Å²) in [5.74, 6) is -0.916. The Kier molecular flexibility index (Phi) is 9.08. The van der Waals surface area contributed by atoms with E-state index in [1.54, 1.807) is 11.3 Å². The van der Waals surface area contributed by atoms with Gasteiger partial charge in [-0.05, 0) is 56.3 Å². The topological polar surface area (TPSA) is 124 Å². The van der Waals surface area contributed by atoms with Crippen LogP contribution in [0.2, 0.25) is 0 Å². The second kappa shape index (κ2) is 12.1. The monoisotopic (exact) mass is 555 g/mol. The molecule has 0 radical (unpaired) electrons. The highest BCUT2D eigenvalue weighted by atomic mass is 32.1. The third-order valence-corrected chi connectivity index (χ3v) is 8.73. The van der Waals surface area contributed by atoms with Crippen LogP contribution in [-0.4, -0.2) is 70.5 Å². The van der Waals surface area contributed by atoms with Gasteiger partial charge in [0.05, 0.1) is 28.2 Å². The highest BCUT2D eigenvalue weighted by Gasteiger charge is 2.45. The zero-order valence-corrected chi connectivity index (χ0v) is 24.3. The van der Waals surface area contributed by atoms with E-state index < -0.39 is 23.6 Å². The van der Waals surface area contributed by atoms with E-state index in [1.165, 1.54) is 4.90 Å². The molecule has 10 heteroatoms. The minimum absolute atomic E-state index is 0.0595. The van der Waals surface area contributed by atoms with E-state index in [2.05, 4.69) is 20.9 Å². The normalized spacial score (nSPS) is 21.8. The smallest absolute Gasteiger partial charge is 0.246 e. The number of hydrogen-bond acceptors (Lipinski definition) is 7. The molecule has 0 spiro atoms. The number of β-amino-alcohol motifs (C(OH)–C–C–N with tert-alkyl or cyclic N) is 1. The first-order valence-electron chi connectivity index (χ1n) is 13.8. The first-order valence-corrected chi connectivity index (χ1v) is 14.6. The number of likely N-dealkylation sites (tertiary alicyclic amines) is 1. The van der Waals surface area contributed by atoms with Gasteiger partial charge in [-0.25, -0.2) is 4.98 Å². The molecule has 2 aliphatic heterocycles. The van der Waals surface area contributed by atoms with Gasteiger partial charge in [-0.2, -0.15) is 0 Å². The molecular weight excluding hydrogens is 514 g/mol. The zero-order chi connectivity index (χ0) is 28.3. The first-order chi connectivity index (χ1) is 18.5. The Balaban J connectivity index is 1.44. The van der Waals surface area contributed by atoms with Gasteiger partial charge in [-0.3, -0.25) is 14.4 Å². The number of aryl methyl sites for hydroxylation is 1. The number of rotatable bonds is 7. The molecule has 2 fully saturated rings. The largest absolute Gasteiger partial charge is 0.391 e. The summed E-state index contributed by atoms with van der Waals surface area (Å²) in [4.78, 5) is 47.1. The fraction of sp³-hybridized carbons (Fsp3) is 0.586. The van der Waals surface area contributed by atoms with E-state index in [1.807, 2.05) is 64.4 Å².